The fourth-order valence-corrected chi connectivity index (χ4v) is 2.74. The third-order valence-corrected chi connectivity index (χ3v) is 4.49. The molecule has 1 amide bonds. The number of unbranched alkanes of at least 4 members (excludes halogenated alkanes) is 5. The number of amides is 1. The molecular weight excluding hydrogens is 390 g/mol. The molecule has 1 aromatic carbocycles. The fraction of sp³-hybridized carbons (Fsp3) is 0.619. The molecule has 1 N–H and O–H groups in total. The minimum absolute atomic E-state index is 0.196. The van der Waals surface area contributed by atoms with Crippen LogP contribution in [0, 0.1) is 11.7 Å². The number of hydrogen-bond acceptors (Lipinski definition) is 3. The Morgan fingerprint density at radius 3 is 2.28 bits per heavy atom. The van der Waals surface area contributed by atoms with Crippen LogP contribution in [-0.2, 0) is 15.7 Å². The van der Waals surface area contributed by atoms with Gasteiger partial charge in [-0.05, 0) is 30.5 Å². The smallest absolute Gasteiger partial charge is 0.416 e. The van der Waals surface area contributed by atoms with Crippen LogP contribution in [0.5, 0.6) is 0 Å². The van der Waals surface area contributed by atoms with E-state index in [0.29, 0.717) is 24.6 Å². The van der Waals surface area contributed by atoms with E-state index < -0.39 is 41.0 Å². The lowest BCUT2D eigenvalue weighted by molar-refractivity contribution is -0.147. The van der Waals surface area contributed by atoms with Crippen molar-refractivity contribution in [2.75, 3.05) is 6.61 Å². The summed E-state index contributed by atoms with van der Waals surface area (Å²) < 4.78 is 57.6. The van der Waals surface area contributed by atoms with Crippen LogP contribution >= 0.6 is 0 Å². The molecule has 0 aliphatic rings. The second kappa shape index (κ2) is 11.8. The Labute approximate surface area is 169 Å². The van der Waals surface area contributed by atoms with Crippen LogP contribution in [0.4, 0.5) is 17.6 Å². The molecule has 1 rings (SSSR count). The van der Waals surface area contributed by atoms with Crippen LogP contribution in [-0.4, -0.2) is 24.5 Å². The summed E-state index contributed by atoms with van der Waals surface area (Å²) in [6.45, 7) is 5.62. The summed E-state index contributed by atoms with van der Waals surface area (Å²) in [7, 11) is 0. The molecule has 1 atom stereocenters. The van der Waals surface area contributed by atoms with Crippen molar-refractivity contribution in [3.63, 3.8) is 0 Å². The molecule has 0 bridgehead atoms. The highest BCUT2D eigenvalue weighted by atomic mass is 19.4. The highest BCUT2D eigenvalue weighted by Gasteiger charge is 2.33. The molecule has 4 nitrogen and oxygen atoms in total. The number of ether oxygens (including phenoxy) is 1. The standard InChI is InChI=1S/C21H29F4NO3/c1-4-5-6-7-8-9-12-29-20(28)18(14(2)3)26-19(27)16-13-15(21(23,24)25)10-11-17(16)22/h10-11,13-14,18H,4-9,12H2,1-3H3,(H,26,27). The average Bonchev–Trinajstić information content (AvgIpc) is 2.64. The molecule has 1 unspecified atom stereocenters. The van der Waals surface area contributed by atoms with E-state index in [0.717, 1.165) is 32.1 Å². The Morgan fingerprint density at radius 2 is 1.69 bits per heavy atom. The summed E-state index contributed by atoms with van der Waals surface area (Å²) >= 11 is 0. The molecule has 0 heterocycles. The maximum absolute atomic E-state index is 13.9. The zero-order valence-corrected chi connectivity index (χ0v) is 17.1. The molecule has 8 heteroatoms. The predicted molar refractivity (Wildman–Crippen MR) is 102 cm³/mol. The quantitative estimate of drug-likeness (QED) is 0.293. The van der Waals surface area contributed by atoms with Crippen LogP contribution in [0.3, 0.4) is 0 Å². The van der Waals surface area contributed by atoms with E-state index in [4.69, 9.17) is 4.74 Å². The van der Waals surface area contributed by atoms with Crippen molar-refractivity contribution in [2.24, 2.45) is 5.92 Å². The van der Waals surface area contributed by atoms with E-state index in [1.165, 1.54) is 0 Å². The molecule has 0 aliphatic carbocycles. The Morgan fingerprint density at radius 1 is 1.07 bits per heavy atom. The zero-order chi connectivity index (χ0) is 22.0. The number of halogens is 4. The highest BCUT2D eigenvalue weighted by molar-refractivity contribution is 5.97. The zero-order valence-electron chi connectivity index (χ0n) is 17.1. The lowest BCUT2D eigenvalue weighted by Crippen LogP contribution is -2.45. The molecular formula is C21H29F4NO3. The van der Waals surface area contributed by atoms with Crippen molar-refractivity contribution in [2.45, 2.75) is 71.5 Å². The highest BCUT2D eigenvalue weighted by Crippen LogP contribution is 2.30. The maximum Gasteiger partial charge on any atom is 0.416 e. The molecule has 164 valence electrons. The van der Waals surface area contributed by atoms with Gasteiger partial charge in [-0.2, -0.15) is 13.2 Å². The molecule has 0 radical (unpaired) electrons. The number of benzene rings is 1. The minimum Gasteiger partial charge on any atom is -0.464 e. The van der Waals surface area contributed by atoms with Gasteiger partial charge in [-0.25, -0.2) is 9.18 Å². The molecule has 0 aliphatic heterocycles. The van der Waals surface area contributed by atoms with Gasteiger partial charge in [-0.15, -0.1) is 0 Å². The first kappa shape index (κ1) is 24.9. The van der Waals surface area contributed by atoms with E-state index in [-0.39, 0.29) is 12.5 Å². The van der Waals surface area contributed by atoms with Gasteiger partial charge in [0.25, 0.3) is 5.91 Å². The Balaban J connectivity index is 2.69. The molecule has 0 aromatic heterocycles. The van der Waals surface area contributed by atoms with Crippen LogP contribution in [0.25, 0.3) is 0 Å². The lowest BCUT2D eigenvalue weighted by atomic mass is 10.0. The molecule has 0 saturated heterocycles. The monoisotopic (exact) mass is 419 g/mol. The summed E-state index contributed by atoms with van der Waals surface area (Å²) in [4.78, 5) is 24.6. The topological polar surface area (TPSA) is 55.4 Å². The molecule has 0 fully saturated rings. The number of hydrogen-bond donors (Lipinski definition) is 1. The molecule has 0 spiro atoms. The minimum atomic E-state index is -4.71. The summed E-state index contributed by atoms with van der Waals surface area (Å²) in [5.41, 5.74) is -1.91. The normalized spacial score (nSPS) is 12.7. The van der Waals surface area contributed by atoms with Gasteiger partial charge in [-0.1, -0.05) is 52.9 Å². The Kier molecular flexibility index (Phi) is 10.1. The SMILES string of the molecule is CCCCCCCCOC(=O)C(NC(=O)c1cc(C(F)(F)F)ccc1F)C(C)C. The number of rotatable bonds is 11. The average molecular weight is 419 g/mol. The Bertz CT molecular complexity index is 674. The van der Waals surface area contributed by atoms with Gasteiger partial charge in [0.2, 0.25) is 0 Å². The van der Waals surface area contributed by atoms with E-state index in [9.17, 15) is 27.2 Å². The fourth-order valence-electron chi connectivity index (χ4n) is 2.74. The van der Waals surface area contributed by atoms with Crippen molar-refractivity contribution >= 4 is 11.9 Å². The van der Waals surface area contributed by atoms with Gasteiger partial charge in [0, 0.05) is 0 Å². The van der Waals surface area contributed by atoms with Gasteiger partial charge in [0.1, 0.15) is 11.9 Å². The summed E-state index contributed by atoms with van der Waals surface area (Å²) in [5, 5.41) is 2.30. The number of esters is 1. The van der Waals surface area contributed by atoms with Gasteiger partial charge >= 0.3 is 12.1 Å². The van der Waals surface area contributed by atoms with Crippen molar-refractivity contribution < 1.29 is 31.9 Å². The number of carbonyl (C=O) groups excluding carboxylic acids is 2. The van der Waals surface area contributed by atoms with Crippen molar-refractivity contribution in [3.8, 4) is 0 Å². The number of carbonyl (C=O) groups is 2. The summed E-state index contributed by atoms with van der Waals surface area (Å²) in [6, 6.07) is 0.486. The van der Waals surface area contributed by atoms with Crippen molar-refractivity contribution in [1.82, 2.24) is 5.32 Å². The van der Waals surface area contributed by atoms with E-state index >= 15 is 0 Å². The summed E-state index contributed by atoms with van der Waals surface area (Å²) in [6.07, 6.45) is 1.36. The van der Waals surface area contributed by atoms with E-state index in [1.54, 1.807) is 13.8 Å². The van der Waals surface area contributed by atoms with E-state index in [2.05, 4.69) is 12.2 Å². The van der Waals surface area contributed by atoms with Crippen LogP contribution < -0.4 is 5.32 Å². The van der Waals surface area contributed by atoms with Crippen LogP contribution in [0.15, 0.2) is 18.2 Å². The van der Waals surface area contributed by atoms with Crippen LogP contribution in [0.2, 0.25) is 0 Å². The van der Waals surface area contributed by atoms with Crippen LogP contribution in [0.1, 0.15) is 75.2 Å². The summed E-state index contributed by atoms with van der Waals surface area (Å²) in [5.74, 6) is -3.26. The van der Waals surface area contributed by atoms with Gasteiger partial charge < -0.3 is 10.1 Å². The first-order valence-corrected chi connectivity index (χ1v) is 9.92. The first-order valence-electron chi connectivity index (χ1n) is 9.92. The van der Waals surface area contributed by atoms with Crippen molar-refractivity contribution in [1.29, 1.82) is 0 Å². The largest absolute Gasteiger partial charge is 0.464 e. The molecule has 0 saturated carbocycles. The van der Waals surface area contributed by atoms with Gasteiger partial charge in [0.05, 0.1) is 17.7 Å². The van der Waals surface area contributed by atoms with Gasteiger partial charge in [0.15, 0.2) is 0 Å². The number of nitrogens with one attached hydrogen (secondary N) is 1. The third-order valence-electron chi connectivity index (χ3n) is 4.49. The Hall–Kier alpha value is -2.12. The van der Waals surface area contributed by atoms with Gasteiger partial charge in [-0.3, -0.25) is 4.79 Å². The number of alkyl halides is 3. The maximum atomic E-state index is 13.9. The molecule has 29 heavy (non-hydrogen) atoms. The predicted octanol–water partition coefficient (Wildman–Crippen LogP) is 5.50. The van der Waals surface area contributed by atoms with Crippen molar-refractivity contribution in [3.05, 3.63) is 35.1 Å². The third kappa shape index (κ3) is 8.41. The van der Waals surface area contributed by atoms with E-state index in [1.807, 2.05) is 0 Å². The molecule has 1 aromatic rings. The second-order valence-corrected chi connectivity index (χ2v) is 7.32. The first-order chi connectivity index (χ1) is 13.6. The second-order valence-electron chi connectivity index (χ2n) is 7.32. The lowest BCUT2D eigenvalue weighted by Gasteiger charge is -2.21.